The van der Waals surface area contributed by atoms with Crippen LogP contribution in [-0.2, 0) is 10.0 Å². The summed E-state index contributed by atoms with van der Waals surface area (Å²) >= 11 is 0. The van der Waals surface area contributed by atoms with E-state index < -0.39 is 10.0 Å². The van der Waals surface area contributed by atoms with Gasteiger partial charge >= 0.3 is 0 Å². The first-order chi connectivity index (χ1) is 10.0. The Bertz CT molecular complexity index is 497. The van der Waals surface area contributed by atoms with Crippen molar-refractivity contribution in [3.8, 4) is 5.75 Å². The summed E-state index contributed by atoms with van der Waals surface area (Å²) in [5, 5.41) is 0. The predicted octanol–water partition coefficient (Wildman–Crippen LogP) is 3.68. The normalized spacial score (nSPS) is 11.8. The molecule has 5 heteroatoms. The van der Waals surface area contributed by atoms with Gasteiger partial charge in [0.25, 0.3) is 0 Å². The van der Waals surface area contributed by atoms with Gasteiger partial charge in [-0.25, -0.2) is 12.7 Å². The zero-order valence-corrected chi connectivity index (χ0v) is 14.2. The van der Waals surface area contributed by atoms with E-state index in [0.717, 1.165) is 37.9 Å². The molecular weight excluding hydrogens is 286 g/mol. The smallest absolute Gasteiger partial charge is 0.242 e. The van der Waals surface area contributed by atoms with Crippen LogP contribution in [0.5, 0.6) is 5.75 Å². The Morgan fingerprint density at radius 2 is 1.62 bits per heavy atom. The lowest BCUT2D eigenvalue weighted by Crippen LogP contribution is -2.27. The molecule has 0 heterocycles. The van der Waals surface area contributed by atoms with Gasteiger partial charge in [0.05, 0.1) is 11.5 Å². The van der Waals surface area contributed by atoms with Crippen LogP contribution in [0.3, 0.4) is 0 Å². The molecule has 0 N–H and O–H groups in total. The maximum atomic E-state index is 12.4. The van der Waals surface area contributed by atoms with Crippen molar-refractivity contribution in [1.82, 2.24) is 4.31 Å². The molecule has 0 aliphatic heterocycles. The van der Waals surface area contributed by atoms with Crippen molar-refractivity contribution in [2.24, 2.45) is 0 Å². The van der Waals surface area contributed by atoms with Gasteiger partial charge in [-0.05, 0) is 37.1 Å². The Balaban J connectivity index is 2.66. The van der Waals surface area contributed by atoms with Gasteiger partial charge in [0.15, 0.2) is 0 Å². The lowest BCUT2D eigenvalue weighted by atomic mass is 10.2. The van der Waals surface area contributed by atoms with Crippen molar-refractivity contribution < 1.29 is 13.2 Å². The fourth-order valence-corrected chi connectivity index (χ4v) is 3.14. The molecule has 0 aliphatic carbocycles. The molecule has 0 spiro atoms. The Morgan fingerprint density at radius 1 is 1.00 bits per heavy atom. The first-order valence-corrected chi connectivity index (χ1v) is 9.15. The van der Waals surface area contributed by atoms with Crippen LogP contribution in [-0.4, -0.2) is 32.9 Å². The standard InChI is InChI=1S/C16H27NO3S/c1-4-6-8-13-17(3)21(18,19)16-11-9-15(10-12-16)20-14-7-5-2/h9-12H,4-8,13-14H2,1-3H3. The highest BCUT2D eigenvalue weighted by atomic mass is 32.2. The van der Waals surface area contributed by atoms with E-state index in [9.17, 15) is 8.42 Å². The van der Waals surface area contributed by atoms with Crippen LogP contribution in [0.1, 0.15) is 46.0 Å². The molecule has 0 aromatic heterocycles. The van der Waals surface area contributed by atoms with E-state index in [-0.39, 0.29) is 0 Å². The number of unbranched alkanes of at least 4 members (excludes halogenated alkanes) is 3. The molecule has 1 rings (SSSR count). The number of rotatable bonds is 10. The largest absolute Gasteiger partial charge is 0.494 e. The zero-order chi connectivity index (χ0) is 15.7. The molecule has 0 atom stereocenters. The molecule has 0 amide bonds. The molecule has 1 aromatic carbocycles. The van der Waals surface area contributed by atoms with E-state index in [2.05, 4.69) is 13.8 Å². The lowest BCUT2D eigenvalue weighted by Gasteiger charge is -2.17. The van der Waals surface area contributed by atoms with Crippen molar-refractivity contribution >= 4 is 10.0 Å². The zero-order valence-electron chi connectivity index (χ0n) is 13.3. The van der Waals surface area contributed by atoms with Crippen LogP contribution in [0.25, 0.3) is 0 Å². The number of sulfonamides is 1. The van der Waals surface area contributed by atoms with Crippen LogP contribution >= 0.6 is 0 Å². The molecule has 0 bridgehead atoms. The summed E-state index contributed by atoms with van der Waals surface area (Å²) in [6, 6.07) is 6.69. The van der Waals surface area contributed by atoms with Crippen molar-refractivity contribution in [1.29, 1.82) is 0 Å². The van der Waals surface area contributed by atoms with Gasteiger partial charge in [-0.2, -0.15) is 0 Å². The van der Waals surface area contributed by atoms with Gasteiger partial charge in [-0.3, -0.25) is 0 Å². The second kappa shape index (κ2) is 9.05. The van der Waals surface area contributed by atoms with E-state index in [4.69, 9.17) is 4.74 Å². The Kier molecular flexibility index (Phi) is 7.75. The van der Waals surface area contributed by atoms with E-state index in [1.165, 1.54) is 4.31 Å². The first kappa shape index (κ1) is 18.0. The molecule has 0 aliphatic rings. The molecule has 0 saturated carbocycles. The second-order valence-electron chi connectivity index (χ2n) is 5.21. The summed E-state index contributed by atoms with van der Waals surface area (Å²) in [6.07, 6.45) is 5.10. The SMILES string of the molecule is CCCCCN(C)S(=O)(=O)c1ccc(OCCCC)cc1. The predicted molar refractivity (Wildman–Crippen MR) is 86.2 cm³/mol. The summed E-state index contributed by atoms with van der Waals surface area (Å²) in [5.41, 5.74) is 0. The average Bonchev–Trinajstić information content (AvgIpc) is 2.48. The van der Waals surface area contributed by atoms with E-state index >= 15 is 0 Å². The van der Waals surface area contributed by atoms with Gasteiger partial charge in [0.1, 0.15) is 5.75 Å². The maximum Gasteiger partial charge on any atom is 0.242 e. The minimum absolute atomic E-state index is 0.323. The number of ether oxygens (including phenoxy) is 1. The molecule has 4 nitrogen and oxygen atoms in total. The number of benzene rings is 1. The molecule has 0 fully saturated rings. The van der Waals surface area contributed by atoms with Crippen LogP contribution in [0.15, 0.2) is 29.2 Å². The quantitative estimate of drug-likeness (QED) is 0.619. The topological polar surface area (TPSA) is 46.6 Å². The molecule has 120 valence electrons. The van der Waals surface area contributed by atoms with Crippen molar-refractivity contribution in [3.05, 3.63) is 24.3 Å². The van der Waals surface area contributed by atoms with Crippen molar-refractivity contribution in [2.45, 2.75) is 50.8 Å². The monoisotopic (exact) mass is 313 g/mol. The van der Waals surface area contributed by atoms with Crippen molar-refractivity contribution in [2.75, 3.05) is 20.2 Å². The van der Waals surface area contributed by atoms with E-state index in [1.54, 1.807) is 31.3 Å². The summed E-state index contributed by atoms with van der Waals surface area (Å²) in [6.45, 7) is 5.43. The minimum Gasteiger partial charge on any atom is -0.494 e. The molecule has 21 heavy (non-hydrogen) atoms. The van der Waals surface area contributed by atoms with E-state index in [1.807, 2.05) is 0 Å². The fourth-order valence-electron chi connectivity index (χ4n) is 1.93. The van der Waals surface area contributed by atoms with Crippen LogP contribution < -0.4 is 4.74 Å². The van der Waals surface area contributed by atoms with Gasteiger partial charge in [0, 0.05) is 13.6 Å². The number of nitrogens with zero attached hydrogens (tertiary/aromatic N) is 1. The molecular formula is C16H27NO3S. The van der Waals surface area contributed by atoms with Gasteiger partial charge in [-0.1, -0.05) is 33.1 Å². The van der Waals surface area contributed by atoms with Crippen LogP contribution in [0, 0.1) is 0 Å². The maximum absolute atomic E-state index is 12.4. The third kappa shape index (κ3) is 5.67. The van der Waals surface area contributed by atoms with Gasteiger partial charge in [0.2, 0.25) is 10.0 Å². The number of hydrogen-bond acceptors (Lipinski definition) is 3. The third-order valence-corrected chi connectivity index (χ3v) is 5.25. The Hall–Kier alpha value is -1.07. The second-order valence-corrected chi connectivity index (χ2v) is 7.25. The highest BCUT2D eigenvalue weighted by molar-refractivity contribution is 7.89. The average molecular weight is 313 g/mol. The summed E-state index contributed by atoms with van der Waals surface area (Å²) in [7, 11) is -1.75. The molecule has 1 aromatic rings. The minimum atomic E-state index is -3.38. The fraction of sp³-hybridized carbons (Fsp3) is 0.625. The van der Waals surface area contributed by atoms with E-state index in [0.29, 0.717) is 18.0 Å². The summed E-state index contributed by atoms with van der Waals surface area (Å²) in [4.78, 5) is 0.323. The van der Waals surface area contributed by atoms with Crippen molar-refractivity contribution in [3.63, 3.8) is 0 Å². The molecule has 0 radical (unpaired) electrons. The Labute approximate surface area is 129 Å². The van der Waals surface area contributed by atoms with Crippen LogP contribution in [0.4, 0.5) is 0 Å². The highest BCUT2D eigenvalue weighted by Gasteiger charge is 2.19. The number of hydrogen-bond donors (Lipinski definition) is 0. The summed E-state index contributed by atoms with van der Waals surface area (Å²) in [5.74, 6) is 0.719. The third-order valence-electron chi connectivity index (χ3n) is 3.38. The Morgan fingerprint density at radius 3 is 2.19 bits per heavy atom. The first-order valence-electron chi connectivity index (χ1n) is 7.71. The highest BCUT2D eigenvalue weighted by Crippen LogP contribution is 2.19. The summed E-state index contributed by atoms with van der Waals surface area (Å²) < 4.78 is 31.7. The molecule has 0 unspecified atom stereocenters. The van der Waals surface area contributed by atoms with Gasteiger partial charge in [-0.15, -0.1) is 0 Å². The van der Waals surface area contributed by atoms with Gasteiger partial charge < -0.3 is 4.74 Å². The lowest BCUT2D eigenvalue weighted by molar-refractivity contribution is 0.309. The van der Waals surface area contributed by atoms with Crippen LogP contribution in [0.2, 0.25) is 0 Å². The molecule has 0 saturated heterocycles.